The third-order valence-corrected chi connectivity index (χ3v) is 2.83. The van der Waals surface area contributed by atoms with E-state index in [9.17, 15) is 4.79 Å². The Kier molecular flexibility index (Phi) is 5.49. The van der Waals surface area contributed by atoms with Gasteiger partial charge in [-0.1, -0.05) is 28.1 Å². The SMILES string of the molecule is CC(NC(=O)CCCN)c1cccc(Br)c1. The molecule has 88 valence electrons. The van der Waals surface area contributed by atoms with Gasteiger partial charge in [0.1, 0.15) is 0 Å². The minimum absolute atomic E-state index is 0.0303. The van der Waals surface area contributed by atoms with Gasteiger partial charge < -0.3 is 11.1 Å². The van der Waals surface area contributed by atoms with Gasteiger partial charge in [0, 0.05) is 10.9 Å². The minimum Gasteiger partial charge on any atom is -0.350 e. The molecule has 0 saturated heterocycles. The Morgan fingerprint density at radius 3 is 2.94 bits per heavy atom. The van der Waals surface area contributed by atoms with Gasteiger partial charge in [0.05, 0.1) is 6.04 Å². The van der Waals surface area contributed by atoms with Crippen molar-refractivity contribution in [2.75, 3.05) is 6.54 Å². The molecule has 4 heteroatoms. The number of hydrogen-bond donors (Lipinski definition) is 2. The summed E-state index contributed by atoms with van der Waals surface area (Å²) in [5.41, 5.74) is 6.45. The highest BCUT2D eigenvalue weighted by atomic mass is 79.9. The molecule has 3 N–H and O–H groups in total. The van der Waals surface area contributed by atoms with E-state index in [-0.39, 0.29) is 11.9 Å². The number of nitrogens with one attached hydrogen (secondary N) is 1. The molecule has 0 aliphatic heterocycles. The monoisotopic (exact) mass is 284 g/mol. The molecule has 0 aromatic heterocycles. The van der Waals surface area contributed by atoms with Crippen LogP contribution in [0.5, 0.6) is 0 Å². The van der Waals surface area contributed by atoms with Crippen LogP contribution >= 0.6 is 15.9 Å². The van der Waals surface area contributed by atoms with Gasteiger partial charge in [-0.05, 0) is 37.6 Å². The van der Waals surface area contributed by atoms with Crippen molar-refractivity contribution in [1.82, 2.24) is 5.32 Å². The van der Waals surface area contributed by atoms with Gasteiger partial charge in [0.25, 0.3) is 0 Å². The summed E-state index contributed by atoms with van der Waals surface area (Å²) in [4.78, 5) is 11.5. The fourth-order valence-electron chi connectivity index (χ4n) is 1.44. The molecule has 0 fully saturated rings. The summed E-state index contributed by atoms with van der Waals surface area (Å²) >= 11 is 3.41. The second-order valence-corrected chi connectivity index (χ2v) is 4.65. The Labute approximate surface area is 105 Å². The van der Waals surface area contributed by atoms with E-state index < -0.39 is 0 Å². The standard InChI is InChI=1S/C12H17BrN2O/c1-9(15-12(16)6-3-7-14)10-4-2-5-11(13)8-10/h2,4-5,8-9H,3,6-7,14H2,1H3,(H,15,16). The Morgan fingerprint density at radius 2 is 2.31 bits per heavy atom. The lowest BCUT2D eigenvalue weighted by Crippen LogP contribution is -2.26. The normalized spacial score (nSPS) is 12.2. The molecular formula is C12H17BrN2O. The molecule has 0 spiro atoms. The molecule has 0 heterocycles. The molecule has 1 unspecified atom stereocenters. The van der Waals surface area contributed by atoms with Crippen molar-refractivity contribution < 1.29 is 4.79 Å². The van der Waals surface area contributed by atoms with Crippen LogP contribution in [0.4, 0.5) is 0 Å². The van der Waals surface area contributed by atoms with Crippen LogP contribution in [0.3, 0.4) is 0 Å². The van der Waals surface area contributed by atoms with Gasteiger partial charge in [0.15, 0.2) is 0 Å². The number of halogens is 1. The second-order valence-electron chi connectivity index (χ2n) is 3.74. The molecule has 1 aromatic carbocycles. The minimum atomic E-state index is 0.0303. The Balaban J connectivity index is 2.52. The molecule has 0 aliphatic carbocycles. The molecule has 3 nitrogen and oxygen atoms in total. The molecule has 1 atom stereocenters. The van der Waals surface area contributed by atoms with Crippen LogP contribution in [0.1, 0.15) is 31.4 Å². The average molecular weight is 285 g/mol. The average Bonchev–Trinajstić information content (AvgIpc) is 2.26. The second kappa shape index (κ2) is 6.66. The zero-order valence-corrected chi connectivity index (χ0v) is 11.0. The van der Waals surface area contributed by atoms with Crippen LogP contribution in [0.25, 0.3) is 0 Å². The van der Waals surface area contributed by atoms with Crippen LogP contribution in [0.2, 0.25) is 0 Å². The number of amides is 1. The van der Waals surface area contributed by atoms with Crippen LogP contribution < -0.4 is 11.1 Å². The summed E-state index contributed by atoms with van der Waals surface area (Å²) in [6, 6.07) is 7.96. The van der Waals surface area contributed by atoms with E-state index in [0.29, 0.717) is 13.0 Å². The number of carbonyl (C=O) groups excluding carboxylic acids is 1. The first-order chi connectivity index (χ1) is 7.63. The quantitative estimate of drug-likeness (QED) is 0.872. The summed E-state index contributed by atoms with van der Waals surface area (Å²) in [7, 11) is 0. The van der Waals surface area contributed by atoms with E-state index in [1.165, 1.54) is 0 Å². The first-order valence-corrected chi connectivity index (χ1v) is 6.17. The first-order valence-electron chi connectivity index (χ1n) is 5.38. The predicted octanol–water partition coefficient (Wildman–Crippen LogP) is 2.37. The van der Waals surface area contributed by atoms with E-state index >= 15 is 0 Å². The Bertz CT molecular complexity index is 355. The first kappa shape index (κ1) is 13.2. The van der Waals surface area contributed by atoms with Gasteiger partial charge in [-0.2, -0.15) is 0 Å². The molecule has 16 heavy (non-hydrogen) atoms. The van der Waals surface area contributed by atoms with Crippen molar-refractivity contribution in [3.05, 3.63) is 34.3 Å². The van der Waals surface area contributed by atoms with Gasteiger partial charge >= 0.3 is 0 Å². The Hall–Kier alpha value is -0.870. The number of hydrogen-bond acceptors (Lipinski definition) is 2. The van der Waals surface area contributed by atoms with E-state index in [4.69, 9.17) is 5.73 Å². The van der Waals surface area contributed by atoms with E-state index in [0.717, 1.165) is 16.5 Å². The fourth-order valence-corrected chi connectivity index (χ4v) is 1.85. The highest BCUT2D eigenvalue weighted by molar-refractivity contribution is 9.10. The van der Waals surface area contributed by atoms with E-state index in [1.807, 2.05) is 31.2 Å². The van der Waals surface area contributed by atoms with Crippen molar-refractivity contribution in [2.24, 2.45) is 5.73 Å². The van der Waals surface area contributed by atoms with Crippen molar-refractivity contribution in [2.45, 2.75) is 25.8 Å². The van der Waals surface area contributed by atoms with E-state index in [1.54, 1.807) is 0 Å². The Morgan fingerprint density at radius 1 is 1.56 bits per heavy atom. The highest BCUT2D eigenvalue weighted by Crippen LogP contribution is 2.17. The van der Waals surface area contributed by atoms with Crippen LogP contribution in [-0.4, -0.2) is 12.5 Å². The summed E-state index contributed by atoms with van der Waals surface area (Å²) in [6.07, 6.45) is 1.23. The molecule has 1 amide bonds. The topological polar surface area (TPSA) is 55.1 Å². The largest absolute Gasteiger partial charge is 0.350 e. The fraction of sp³-hybridized carbons (Fsp3) is 0.417. The van der Waals surface area contributed by atoms with Crippen molar-refractivity contribution in [3.8, 4) is 0 Å². The zero-order chi connectivity index (χ0) is 12.0. The summed E-state index contributed by atoms with van der Waals surface area (Å²) < 4.78 is 1.02. The highest BCUT2D eigenvalue weighted by Gasteiger charge is 2.08. The summed E-state index contributed by atoms with van der Waals surface area (Å²) in [6.45, 7) is 2.53. The number of nitrogens with two attached hydrogens (primary N) is 1. The van der Waals surface area contributed by atoms with Gasteiger partial charge in [-0.3, -0.25) is 4.79 Å². The van der Waals surface area contributed by atoms with Crippen LogP contribution in [0.15, 0.2) is 28.7 Å². The maximum absolute atomic E-state index is 11.5. The smallest absolute Gasteiger partial charge is 0.220 e. The number of rotatable bonds is 5. The molecule has 1 aromatic rings. The van der Waals surface area contributed by atoms with Crippen molar-refractivity contribution in [1.29, 1.82) is 0 Å². The van der Waals surface area contributed by atoms with Crippen LogP contribution in [-0.2, 0) is 4.79 Å². The predicted molar refractivity (Wildman–Crippen MR) is 69.0 cm³/mol. The molecule has 0 saturated carbocycles. The van der Waals surface area contributed by atoms with Crippen molar-refractivity contribution in [3.63, 3.8) is 0 Å². The molecule has 0 aliphatic rings. The lowest BCUT2D eigenvalue weighted by Gasteiger charge is -2.14. The third kappa shape index (κ3) is 4.33. The number of carbonyl (C=O) groups is 1. The molecule has 1 rings (SSSR count). The lowest BCUT2D eigenvalue weighted by molar-refractivity contribution is -0.121. The maximum atomic E-state index is 11.5. The lowest BCUT2D eigenvalue weighted by atomic mass is 10.1. The van der Waals surface area contributed by atoms with Gasteiger partial charge in [-0.25, -0.2) is 0 Å². The summed E-state index contributed by atoms with van der Waals surface area (Å²) in [5, 5.41) is 2.94. The number of benzene rings is 1. The van der Waals surface area contributed by atoms with Crippen LogP contribution in [0, 0.1) is 0 Å². The summed E-state index contributed by atoms with van der Waals surface area (Å²) in [5.74, 6) is 0.0536. The van der Waals surface area contributed by atoms with Gasteiger partial charge in [-0.15, -0.1) is 0 Å². The molecule has 0 radical (unpaired) electrons. The van der Waals surface area contributed by atoms with Gasteiger partial charge in [0.2, 0.25) is 5.91 Å². The van der Waals surface area contributed by atoms with Crippen molar-refractivity contribution >= 4 is 21.8 Å². The molecular weight excluding hydrogens is 268 g/mol. The third-order valence-electron chi connectivity index (χ3n) is 2.33. The maximum Gasteiger partial charge on any atom is 0.220 e. The zero-order valence-electron chi connectivity index (χ0n) is 9.37. The molecule has 0 bridgehead atoms. The van der Waals surface area contributed by atoms with E-state index in [2.05, 4.69) is 21.2 Å².